The minimum atomic E-state index is 0.487. The van der Waals surface area contributed by atoms with Crippen LogP contribution in [0.2, 0.25) is 0 Å². The highest BCUT2D eigenvalue weighted by Crippen LogP contribution is 2.31. The largest absolute Gasteiger partial charge is 0.497 e. The van der Waals surface area contributed by atoms with E-state index in [-0.39, 0.29) is 0 Å². The molecule has 0 aliphatic heterocycles. The second-order valence-electron chi connectivity index (χ2n) is 4.56. The van der Waals surface area contributed by atoms with Gasteiger partial charge in [0, 0.05) is 27.7 Å². The molecule has 4 heteroatoms. The van der Waals surface area contributed by atoms with Crippen LogP contribution in [0.4, 0.5) is 5.69 Å². The number of H-pyrrole nitrogens is 1. The van der Waals surface area contributed by atoms with Crippen molar-refractivity contribution in [3.05, 3.63) is 48.0 Å². The van der Waals surface area contributed by atoms with Gasteiger partial charge in [-0.1, -0.05) is 12.1 Å². The Hall–Kier alpha value is -2.75. The van der Waals surface area contributed by atoms with Crippen LogP contribution >= 0.6 is 0 Å². The SMILES string of the molecule is COc1ccc2[nH]c(-c3cccc(C=O)c3N)cc2c1. The molecule has 20 heavy (non-hydrogen) atoms. The first-order valence-corrected chi connectivity index (χ1v) is 6.23. The van der Waals surface area contributed by atoms with Gasteiger partial charge >= 0.3 is 0 Å². The number of aromatic nitrogens is 1. The summed E-state index contributed by atoms with van der Waals surface area (Å²) in [6.45, 7) is 0. The van der Waals surface area contributed by atoms with Crippen LogP contribution in [-0.2, 0) is 0 Å². The van der Waals surface area contributed by atoms with Gasteiger partial charge in [-0.3, -0.25) is 4.79 Å². The zero-order chi connectivity index (χ0) is 14.1. The van der Waals surface area contributed by atoms with E-state index >= 15 is 0 Å². The van der Waals surface area contributed by atoms with Crippen LogP contribution in [0, 0.1) is 0 Å². The van der Waals surface area contributed by atoms with Crippen molar-refractivity contribution in [1.82, 2.24) is 4.98 Å². The summed E-state index contributed by atoms with van der Waals surface area (Å²) in [5.41, 5.74) is 9.72. The van der Waals surface area contributed by atoms with Crippen molar-refractivity contribution in [2.24, 2.45) is 0 Å². The number of ether oxygens (including phenoxy) is 1. The minimum Gasteiger partial charge on any atom is -0.497 e. The standard InChI is InChI=1S/C16H14N2O2/c1-20-12-5-6-14-11(7-12)8-15(18-14)13-4-2-3-10(9-19)16(13)17/h2-9,18H,17H2,1H3. The van der Waals surface area contributed by atoms with Crippen LogP contribution in [-0.4, -0.2) is 18.4 Å². The van der Waals surface area contributed by atoms with Crippen molar-refractivity contribution in [3.63, 3.8) is 0 Å². The lowest BCUT2D eigenvalue weighted by atomic mass is 10.1. The molecule has 4 nitrogen and oxygen atoms in total. The normalized spacial score (nSPS) is 10.7. The number of carbonyl (C=O) groups excluding carboxylic acids is 1. The molecule has 0 atom stereocenters. The predicted molar refractivity (Wildman–Crippen MR) is 80.1 cm³/mol. The smallest absolute Gasteiger partial charge is 0.152 e. The molecule has 0 amide bonds. The molecule has 1 aromatic heterocycles. The van der Waals surface area contributed by atoms with E-state index in [0.29, 0.717) is 11.3 Å². The molecule has 2 aromatic carbocycles. The first-order valence-electron chi connectivity index (χ1n) is 6.23. The Morgan fingerprint density at radius 2 is 2.05 bits per heavy atom. The fourth-order valence-electron chi connectivity index (χ4n) is 2.30. The summed E-state index contributed by atoms with van der Waals surface area (Å²) in [4.78, 5) is 14.3. The Kier molecular flexibility index (Phi) is 2.91. The molecule has 0 radical (unpaired) electrons. The van der Waals surface area contributed by atoms with Gasteiger partial charge in [-0.25, -0.2) is 0 Å². The quantitative estimate of drug-likeness (QED) is 0.565. The lowest BCUT2D eigenvalue weighted by molar-refractivity contribution is 0.112. The molecule has 3 rings (SSSR count). The number of hydrogen-bond acceptors (Lipinski definition) is 3. The van der Waals surface area contributed by atoms with Crippen LogP contribution in [0.25, 0.3) is 22.2 Å². The van der Waals surface area contributed by atoms with Gasteiger partial charge < -0.3 is 15.5 Å². The molecular formula is C16H14N2O2. The summed E-state index contributed by atoms with van der Waals surface area (Å²) < 4.78 is 5.21. The van der Waals surface area contributed by atoms with Gasteiger partial charge in [0.15, 0.2) is 6.29 Å². The molecule has 0 aliphatic rings. The van der Waals surface area contributed by atoms with Crippen LogP contribution in [0.5, 0.6) is 5.75 Å². The summed E-state index contributed by atoms with van der Waals surface area (Å²) >= 11 is 0. The van der Waals surface area contributed by atoms with Crippen LogP contribution in [0.3, 0.4) is 0 Å². The van der Waals surface area contributed by atoms with Gasteiger partial charge in [0.25, 0.3) is 0 Å². The average Bonchev–Trinajstić information content (AvgIpc) is 2.89. The van der Waals surface area contributed by atoms with Gasteiger partial charge in [0.05, 0.1) is 12.8 Å². The Morgan fingerprint density at radius 3 is 2.80 bits per heavy atom. The Balaban J connectivity index is 2.17. The Labute approximate surface area is 116 Å². The van der Waals surface area contributed by atoms with Crippen molar-refractivity contribution in [1.29, 1.82) is 0 Å². The lowest BCUT2D eigenvalue weighted by Gasteiger charge is -2.05. The highest BCUT2D eigenvalue weighted by Gasteiger charge is 2.09. The van der Waals surface area contributed by atoms with E-state index in [2.05, 4.69) is 4.98 Å². The van der Waals surface area contributed by atoms with E-state index in [1.807, 2.05) is 36.4 Å². The predicted octanol–water partition coefficient (Wildman–Crippen LogP) is 3.24. The van der Waals surface area contributed by atoms with Crippen molar-refractivity contribution in [3.8, 4) is 17.0 Å². The third-order valence-corrected chi connectivity index (χ3v) is 3.38. The number of anilines is 1. The molecule has 100 valence electrons. The van der Waals surface area contributed by atoms with Gasteiger partial charge in [0.2, 0.25) is 0 Å². The second kappa shape index (κ2) is 4.74. The third kappa shape index (κ3) is 1.91. The molecule has 0 saturated heterocycles. The van der Waals surface area contributed by atoms with Gasteiger partial charge in [-0.05, 0) is 30.3 Å². The summed E-state index contributed by atoms with van der Waals surface area (Å²) in [5, 5.41) is 1.04. The molecule has 0 aliphatic carbocycles. The molecule has 3 N–H and O–H groups in total. The van der Waals surface area contributed by atoms with Crippen LogP contribution in [0.1, 0.15) is 10.4 Å². The van der Waals surface area contributed by atoms with E-state index in [1.165, 1.54) is 0 Å². The Bertz CT molecular complexity index is 790. The Morgan fingerprint density at radius 1 is 1.20 bits per heavy atom. The summed E-state index contributed by atoms with van der Waals surface area (Å²) in [6.07, 6.45) is 0.768. The number of nitrogens with two attached hydrogens (primary N) is 1. The average molecular weight is 266 g/mol. The van der Waals surface area contributed by atoms with Crippen molar-refractivity contribution in [2.75, 3.05) is 12.8 Å². The number of aromatic amines is 1. The van der Waals surface area contributed by atoms with E-state index in [1.54, 1.807) is 13.2 Å². The second-order valence-corrected chi connectivity index (χ2v) is 4.56. The van der Waals surface area contributed by atoms with Crippen molar-refractivity contribution < 1.29 is 9.53 Å². The van der Waals surface area contributed by atoms with E-state index in [0.717, 1.165) is 34.2 Å². The van der Waals surface area contributed by atoms with E-state index in [4.69, 9.17) is 10.5 Å². The maximum atomic E-state index is 11.0. The first kappa shape index (κ1) is 12.3. The number of hydrogen-bond donors (Lipinski definition) is 2. The van der Waals surface area contributed by atoms with Gasteiger partial charge in [-0.2, -0.15) is 0 Å². The highest BCUT2D eigenvalue weighted by atomic mass is 16.5. The molecule has 0 spiro atoms. The van der Waals surface area contributed by atoms with Gasteiger partial charge in [-0.15, -0.1) is 0 Å². The lowest BCUT2D eigenvalue weighted by Crippen LogP contribution is -1.95. The third-order valence-electron chi connectivity index (χ3n) is 3.38. The number of methoxy groups -OCH3 is 1. The number of aldehydes is 1. The van der Waals surface area contributed by atoms with Crippen LogP contribution < -0.4 is 10.5 Å². The van der Waals surface area contributed by atoms with E-state index < -0.39 is 0 Å². The number of para-hydroxylation sites is 1. The molecular weight excluding hydrogens is 252 g/mol. The summed E-state index contributed by atoms with van der Waals surface area (Å²) in [7, 11) is 1.64. The fourth-order valence-corrected chi connectivity index (χ4v) is 2.30. The number of benzene rings is 2. The summed E-state index contributed by atoms with van der Waals surface area (Å²) in [6, 6.07) is 13.2. The maximum Gasteiger partial charge on any atom is 0.152 e. The number of rotatable bonds is 3. The molecule has 0 unspecified atom stereocenters. The number of fused-ring (bicyclic) bond motifs is 1. The first-order chi connectivity index (χ1) is 9.72. The van der Waals surface area contributed by atoms with E-state index in [9.17, 15) is 4.79 Å². The molecule has 3 aromatic rings. The minimum absolute atomic E-state index is 0.487. The zero-order valence-electron chi connectivity index (χ0n) is 11.0. The number of carbonyl (C=O) groups is 1. The molecule has 0 fully saturated rings. The topological polar surface area (TPSA) is 68.1 Å². The number of nitrogens with one attached hydrogen (secondary N) is 1. The van der Waals surface area contributed by atoms with Crippen LogP contribution in [0.15, 0.2) is 42.5 Å². The number of nitrogen functional groups attached to an aromatic ring is 1. The maximum absolute atomic E-state index is 11.0. The fraction of sp³-hybridized carbons (Fsp3) is 0.0625. The molecule has 0 saturated carbocycles. The molecule has 0 bridgehead atoms. The zero-order valence-corrected chi connectivity index (χ0v) is 11.0. The van der Waals surface area contributed by atoms with Gasteiger partial charge in [0.1, 0.15) is 5.75 Å². The molecule has 1 heterocycles. The van der Waals surface area contributed by atoms with Crippen molar-refractivity contribution >= 4 is 22.9 Å². The summed E-state index contributed by atoms with van der Waals surface area (Å²) in [5.74, 6) is 0.803. The highest BCUT2D eigenvalue weighted by molar-refractivity contribution is 5.94. The van der Waals surface area contributed by atoms with Crippen molar-refractivity contribution in [2.45, 2.75) is 0 Å². The monoisotopic (exact) mass is 266 g/mol.